The molecule has 0 unspecified atom stereocenters. The zero-order chi connectivity index (χ0) is 21.3. The molecule has 1 amide bonds. The molecule has 0 bridgehead atoms. The van der Waals surface area contributed by atoms with Crippen LogP contribution in [0.2, 0.25) is 5.02 Å². The fraction of sp³-hybridized carbons (Fsp3) is 0.174. The Labute approximate surface area is 183 Å². The average Bonchev–Trinajstić information content (AvgIpc) is 3.18. The summed E-state index contributed by atoms with van der Waals surface area (Å²) in [6, 6.07) is 15.0. The number of rotatable bonds is 5. The number of anilines is 1. The summed E-state index contributed by atoms with van der Waals surface area (Å²) in [5.74, 6) is 0.482. The van der Waals surface area contributed by atoms with Crippen LogP contribution < -0.4 is 9.64 Å². The second-order valence-electron chi connectivity index (χ2n) is 7.01. The minimum atomic E-state index is -0.137. The summed E-state index contributed by atoms with van der Waals surface area (Å²) < 4.78 is 6.22. The van der Waals surface area contributed by atoms with Gasteiger partial charge in [-0.2, -0.15) is 0 Å². The molecule has 0 atom stereocenters. The van der Waals surface area contributed by atoms with Crippen LogP contribution >= 0.6 is 22.9 Å². The van der Waals surface area contributed by atoms with Crippen LogP contribution in [0.1, 0.15) is 27.2 Å². The molecule has 2 aromatic carbocycles. The lowest BCUT2D eigenvalue weighted by molar-refractivity contribution is 0.0984. The van der Waals surface area contributed by atoms with Gasteiger partial charge in [0.2, 0.25) is 0 Å². The molecule has 30 heavy (non-hydrogen) atoms. The highest BCUT2D eigenvalue weighted by molar-refractivity contribution is 7.23. The zero-order valence-corrected chi connectivity index (χ0v) is 18.4. The normalized spacial score (nSPS) is 10.9. The van der Waals surface area contributed by atoms with E-state index in [0.717, 1.165) is 21.5 Å². The molecule has 2 heterocycles. The largest absolute Gasteiger partial charge is 0.494 e. The van der Waals surface area contributed by atoms with E-state index in [1.807, 2.05) is 50.2 Å². The number of hydrogen-bond donors (Lipinski definition) is 0. The number of aryl methyl sites for hydroxylation is 2. The van der Waals surface area contributed by atoms with Gasteiger partial charge in [0.1, 0.15) is 11.3 Å². The Balaban J connectivity index is 1.84. The highest BCUT2D eigenvalue weighted by Crippen LogP contribution is 2.39. The molecule has 0 radical (unpaired) electrons. The molecule has 5 nitrogen and oxygen atoms in total. The number of thiazole rings is 1. The van der Waals surface area contributed by atoms with E-state index in [1.54, 1.807) is 30.3 Å². The van der Waals surface area contributed by atoms with Crippen LogP contribution in [0, 0.1) is 13.8 Å². The summed E-state index contributed by atoms with van der Waals surface area (Å²) in [5, 5.41) is 1.12. The van der Waals surface area contributed by atoms with Crippen molar-refractivity contribution in [2.24, 2.45) is 0 Å². The molecular formula is C23H20ClN3O2S. The molecule has 4 aromatic rings. The summed E-state index contributed by atoms with van der Waals surface area (Å²) in [6.07, 6.45) is 1.72. The molecule has 4 rings (SSSR count). The van der Waals surface area contributed by atoms with Gasteiger partial charge < -0.3 is 4.74 Å². The maximum atomic E-state index is 13.6. The first-order chi connectivity index (χ1) is 14.5. The van der Waals surface area contributed by atoms with Gasteiger partial charge in [-0.3, -0.25) is 14.7 Å². The standard InChI is InChI=1S/C23H20ClN3O2S/c1-14-10-15(2)12-16(11-14)22(28)27(13-17-6-4-5-9-25-17)23-26-20-19(29-3)8-7-18(24)21(20)30-23/h4-12H,13H2,1-3H3. The van der Waals surface area contributed by atoms with E-state index in [1.165, 1.54) is 11.3 Å². The van der Waals surface area contributed by atoms with Crippen LogP contribution in [0.5, 0.6) is 5.75 Å². The summed E-state index contributed by atoms with van der Waals surface area (Å²) in [7, 11) is 1.59. The molecule has 0 aliphatic heterocycles. The Morgan fingerprint density at radius 1 is 1.13 bits per heavy atom. The fourth-order valence-electron chi connectivity index (χ4n) is 3.36. The van der Waals surface area contributed by atoms with E-state index in [-0.39, 0.29) is 5.91 Å². The average molecular weight is 438 g/mol. The number of carbonyl (C=O) groups is 1. The lowest BCUT2D eigenvalue weighted by Gasteiger charge is -2.20. The number of benzene rings is 2. The molecular weight excluding hydrogens is 418 g/mol. The number of aromatic nitrogens is 2. The van der Waals surface area contributed by atoms with E-state index >= 15 is 0 Å². The first-order valence-corrected chi connectivity index (χ1v) is 10.6. The predicted octanol–water partition coefficient (Wildman–Crippen LogP) is 5.82. The van der Waals surface area contributed by atoms with E-state index in [9.17, 15) is 4.79 Å². The van der Waals surface area contributed by atoms with Gasteiger partial charge in [-0.25, -0.2) is 4.98 Å². The van der Waals surface area contributed by atoms with Crippen molar-refractivity contribution in [1.82, 2.24) is 9.97 Å². The van der Waals surface area contributed by atoms with Crippen molar-refractivity contribution < 1.29 is 9.53 Å². The minimum Gasteiger partial charge on any atom is -0.494 e. The van der Waals surface area contributed by atoms with Crippen molar-refractivity contribution in [3.63, 3.8) is 0 Å². The van der Waals surface area contributed by atoms with E-state index in [0.29, 0.717) is 33.5 Å². The van der Waals surface area contributed by atoms with Gasteiger partial charge in [-0.1, -0.05) is 46.2 Å². The quantitative estimate of drug-likeness (QED) is 0.395. The summed E-state index contributed by atoms with van der Waals surface area (Å²) in [6.45, 7) is 4.26. The predicted molar refractivity (Wildman–Crippen MR) is 122 cm³/mol. The molecule has 152 valence electrons. The molecule has 0 N–H and O–H groups in total. The third-order valence-electron chi connectivity index (χ3n) is 4.66. The highest BCUT2D eigenvalue weighted by Gasteiger charge is 2.24. The number of hydrogen-bond acceptors (Lipinski definition) is 5. The number of halogens is 1. The number of carbonyl (C=O) groups excluding carboxylic acids is 1. The number of pyridine rings is 1. The highest BCUT2D eigenvalue weighted by atomic mass is 35.5. The number of ether oxygens (including phenoxy) is 1. The SMILES string of the molecule is COc1ccc(Cl)c2sc(N(Cc3ccccn3)C(=O)c3cc(C)cc(C)c3)nc12. The fourth-order valence-corrected chi connectivity index (χ4v) is 4.61. The lowest BCUT2D eigenvalue weighted by Crippen LogP contribution is -2.30. The number of amides is 1. The Kier molecular flexibility index (Phi) is 5.70. The van der Waals surface area contributed by atoms with Gasteiger partial charge in [-0.15, -0.1) is 0 Å². The number of fused-ring (bicyclic) bond motifs is 1. The van der Waals surface area contributed by atoms with E-state index in [4.69, 9.17) is 21.3 Å². The first-order valence-electron chi connectivity index (χ1n) is 9.39. The first kappa shape index (κ1) is 20.3. The summed E-state index contributed by atoms with van der Waals surface area (Å²) in [4.78, 5) is 24.3. The van der Waals surface area contributed by atoms with E-state index in [2.05, 4.69) is 4.98 Å². The van der Waals surface area contributed by atoms with Gasteiger partial charge >= 0.3 is 0 Å². The van der Waals surface area contributed by atoms with Crippen molar-refractivity contribution in [1.29, 1.82) is 0 Å². The molecule has 0 saturated carbocycles. The van der Waals surface area contributed by atoms with Crippen molar-refractivity contribution >= 4 is 44.2 Å². The summed E-state index contributed by atoms with van der Waals surface area (Å²) >= 11 is 7.77. The second kappa shape index (κ2) is 8.42. The summed E-state index contributed by atoms with van der Waals surface area (Å²) in [5.41, 5.74) is 4.09. The maximum Gasteiger partial charge on any atom is 0.260 e. The van der Waals surface area contributed by atoms with Crippen LogP contribution in [0.25, 0.3) is 10.2 Å². The molecule has 0 aliphatic carbocycles. The maximum absolute atomic E-state index is 13.6. The smallest absolute Gasteiger partial charge is 0.260 e. The Bertz CT molecular complexity index is 1200. The van der Waals surface area contributed by atoms with Crippen molar-refractivity contribution in [3.05, 3.63) is 82.1 Å². The van der Waals surface area contributed by atoms with Crippen LogP contribution in [0.15, 0.2) is 54.7 Å². The minimum absolute atomic E-state index is 0.137. The van der Waals surface area contributed by atoms with E-state index < -0.39 is 0 Å². The Morgan fingerprint density at radius 3 is 2.57 bits per heavy atom. The molecule has 2 aromatic heterocycles. The van der Waals surface area contributed by atoms with Crippen LogP contribution in [-0.4, -0.2) is 23.0 Å². The van der Waals surface area contributed by atoms with Crippen molar-refractivity contribution in [2.45, 2.75) is 20.4 Å². The zero-order valence-electron chi connectivity index (χ0n) is 16.8. The van der Waals surface area contributed by atoms with Gasteiger partial charge in [0.25, 0.3) is 5.91 Å². The number of methoxy groups -OCH3 is 1. The van der Waals surface area contributed by atoms with Gasteiger partial charge in [0.15, 0.2) is 5.13 Å². The van der Waals surface area contributed by atoms with Crippen LogP contribution in [-0.2, 0) is 6.54 Å². The third kappa shape index (κ3) is 4.01. The van der Waals surface area contributed by atoms with Gasteiger partial charge in [-0.05, 0) is 50.2 Å². The molecule has 0 aliphatic rings. The topological polar surface area (TPSA) is 55.3 Å². The lowest BCUT2D eigenvalue weighted by atomic mass is 10.1. The van der Waals surface area contributed by atoms with Crippen LogP contribution in [0.3, 0.4) is 0 Å². The Morgan fingerprint density at radius 2 is 1.90 bits per heavy atom. The second-order valence-corrected chi connectivity index (χ2v) is 8.40. The number of nitrogens with zero attached hydrogens (tertiary/aromatic N) is 3. The molecule has 0 spiro atoms. The monoisotopic (exact) mass is 437 g/mol. The van der Waals surface area contributed by atoms with Crippen molar-refractivity contribution in [3.8, 4) is 5.75 Å². The molecule has 0 saturated heterocycles. The Hall–Kier alpha value is -2.96. The van der Waals surface area contributed by atoms with Crippen molar-refractivity contribution in [2.75, 3.05) is 12.0 Å². The molecule has 7 heteroatoms. The van der Waals surface area contributed by atoms with Crippen LogP contribution in [0.4, 0.5) is 5.13 Å². The van der Waals surface area contributed by atoms with Gasteiger partial charge in [0.05, 0.1) is 29.1 Å². The third-order valence-corrected chi connectivity index (χ3v) is 6.20. The van der Waals surface area contributed by atoms with Gasteiger partial charge in [0, 0.05) is 11.8 Å². The molecule has 0 fully saturated rings.